The predicted molar refractivity (Wildman–Crippen MR) is 55.3 cm³/mol. The number of rotatable bonds is 1. The highest BCUT2D eigenvalue weighted by atomic mass is 16.1. The van der Waals surface area contributed by atoms with Crippen molar-refractivity contribution in [2.45, 2.75) is 32.6 Å². The first-order valence-electron chi connectivity index (χ1n) is 4.95. The Morgan fingerprint density at radius 1 is 1.43 bits per heavy atom. The van der Waals surface area contributed by atoms with Crippen molar-refractivity contribution in [3.63, 3.8) is 0 Å². The summed E-state index contributed by atoms with van der Waals surface area (Å²) in [5.41, 5.74) is 2.40. The number of aromatic nitrogens is 1. The zero-order chi connectivity index (χ0) is 10.1. The number of pyridine rings is 1. The van der Waals surface area contributed by atoms with Gasteiger partial charge < -0.3 is 5.32 Å². The second-order valence-electron chi connectivity index (χ2n) is 3.98. The minimum Gasteiger partial charge on any atom is -0.310 e. The maximum Gasteiger partial charge on any atom is 0.225 e. The van der Waals surface area contributed by atoms with E-state index in [4.69, 9.17) is 0 Å². The van der Waals surface area contributed by atoms with Crippen LogP contribution < -0.4 is 5.32 Å². The summed E-state index contributed by atoms with van der Waals surface area (Å²) in [5.74, 6) is 1.30. The molecular weight excluding hydrogens is 176 g/mol. The minimum atomic E-state index is 0.0716. The Balaban J connectivity index is 2.36. The van der Waals surface area contributed by atoms with Gasteiger partial charge in [0.05, 0.1) is 0 Å². The molecule has 74 valence electrons. The fourth-order valence-corrected chi connectivity index (χ4v) is 1.59. The number of carbonyl (C=O) groups excluding carboxylic acids is 1. The fourth-order valence-electron chi connectivity index (χ4n) is 1.59. The van der Waals surface area contributed by atoms with Crippen molar-refractivity contribution in [3.05, 3.63) is 23.4 Å². The highest BCUT2D eigenvalue weighted by molar-refractivity contribution is 5.92. The summed E-state index contributed by atoms with van der Waals surface area (Å²) in [6.07, 6.45) is 3.24. The molecule has 0 fully saturated rings. The van der Waals surface area contributed by atoms with Crippen molar-refractivity contribution in [3.8, 4) is 0 Å². The summed E-state index contributed by atoms with van der Waals surface area (Å²) < 4.78 is 0. The van der Waals surface area contributed by atoms with E-state index in [-0.39, 0.29) is 5.91 Å². The normalized spacial score (nSPS) is 15.2. The third-order valence-electron chi connectivity index (χ3n) is 2.53. The van der Waals surface area contributed by atoms with Crippen molar-refractivity contribution < 1.29 is 4.79 Å². The van der Waals surface area contributed by atoms with Crippen LogP contribution in [0.25, 0.3) is 0 Å². The minimum absolute atomic E-state index is 0.0716. The third kappa shape index (κ3) is 1.62. The van der Waals surface area contributed by atoms with Gasteiger partial charge in [-0.05, 0) is 23.5 Å². The first-order chi connectivity index (χ1) is 6.66. The van der Waals surface area contributed by atoms with Gasteiger partial charge in [-0.3, -0.25) is 4.79 Å². The van der Waals surface area contributed by atoms with Gasteiger partial charge >= 0.3 is 0 Å². The van der Waals surface area contributed by atoms with E-state index in [2.05, 4.69) is 30.2 Å². The molecule has 0 bridgehead atoms. The summed E-state index contributed by atoms with van der Waals surface area (Å²) in [6, 6.07) is 2.15. The van der Waals surface area contributed by atoms with Crippen LogP contribution in [0.5, 0.6) is 0 Å². The highest BCUT2D eigenvalue weighted by Gasteiger charge is 2.16. The monoisotopic (exact) mass is 190 g/mol. The molecule has 0 radical (unpaired) electrons. The molecule has 0 aromatic carbocycles. The van der Waals surface area contributed by atoms with Crippen LogP contribution in [0, 0.1) is 0 Å². The average molecular weight is 190 g/mol. The summed E-state index contributed by atoms with van der Waals surface area (Å²) in [4.78, 5) is 15.4. The van der Waals surface area contributed by atoms with Crippen LogP contribution >= 0.6 is 0 Å². The SMILES string of the molecule is CC(C)c1cnc2c(c1)CCC(=O)N2. The van der Waals surface area contributed by atoms with Crippen molar-refractivity contribution in [1.29, 1.82) is 0 Å². The quantitative estimate of drug-likeness (QED) is 0.736. The van der Waals surface area contributed by atoms with E-state index in [9.17, 15) is 4.79 Å². The van der Waals surface area contributed by atoms with Crippen molar-refractivity contribution >= 4 is 11.7 Å². The number of aryl methyl sites for hydroxylation is 1. The van der Waals surface area contributed by atoms with Gasteiger partial charge in [-0.15, -0.1) is 0 Å². The molecule has 2 heterocycles. The zero-order valence-electron chi connectivity index (χ0n) is 8.50. The van der Waals surface area contributed by atoms with Crippen LogP contribution in [0.15, 0.2) is 12.3 Å². The maximum atomic E-state index is 11.1. The molecule has 0 aliphatic carbocycles. The molecule has 0 unspecified atom stereocenters. The van der Waals surface area contributed by atoms with E-state index in [1.54, 1.807) is 0 Å². The number of hydrogen-bond acceptors (Lipinski definition) is 2. The summed E-state index contributed by atoms with van der Waals surface area (Å²) in [5, 5.41) is 2.78. The smallest absolute Gasteiger partial charge is 0.225 e. The molecule has 1 aromatic heterocycles. The Hall–Kier alpha value is -1.38. The van der Waals surface area contributed by atoms with Crippen molar-refractivity contribution in [2.24, 2.45) is 0 Å². The lowest BCUT2D eigenvalue weighted by molar-refractivity contribution is -0.116. The van der Waals surface area contributed by atoms with Crippen LogP contribution in [0.2, 0.25) is 0 Å². The van der Waals surface area contributed by atoms with Gasteiger partial charge in [-0.1, -0.05) is 19.9 Å². The zero-order valence-corrected chi connectivity index (χ0v) is 8.50. The number of carbonyl (C=O) groups is 1. The summed E-state index contributed by atoms with van der Waals surface area (Å²) in [7, 11) is 0. The first-order valence-corrected chi connectivity index (χ1v) is 4.95. The Bertz CT molecular complexity index is 372. The lowest BCUT2D eigenvalue weighted by Crippen LogP contribution is -2.20. The van der Waals surface area contributed by atoms with Crippen LogP contribution in [0.4, 0.5) is 5.82 Å². The Morgan fingerprint density at radius 3 is 2.93 bits per heavy atom. The molecular formula is C11H14N2O. The third-order valence-corrected chi connectivity index (χ3v) is 2.53. The van der Waals surface area contributed by atoms with Crippen molar-refractivity contribution in [2.75, 3.05) is 5.32 Å². The lowest BCUT2D eigenvalue weighted by Gasteiger charge is -2.17. The van der Waals surface area contributed by atoms with Crippen molar-refractivity contribution in [1.82, 2.24) is 4.98 Å². The topological polar surface area (TPSA) is 42.0 Å². The number of nitrogens with one attached hydrogen (secondary N) is 1. The van der Waals surface area contributed by atoms with Gasteiger partial charge in [-0.25, -0.2) is 4.98 Å². The second kappa shape index (κ2) is 3.40. The number of amides is 1. The molecule has 0 saturated heterocycles. The Labute approximate surface area is 83.5 Å². The van der Waals surface area contributed by atoms with E-state index >= 15 is 0 Å². The van der Waals surface area contributed by atoms with Gasteiger partial charge in [0.1, 0.15) is 5.82 Å². The maximum absolute atomic E-state index is 11.1. The van der Waals surface area contributed by atoms with E-state index in [1.165, 1.54) is 5.56 Å². The Morgan fingerprint density at radius 2 is 2.21 bits per heavy atom. The van der Waals surface area contributed by atoms with Gasteiger partial charge in [-0.2, -0.15) is 0 Å². The van der Waals surface area contributed by atoms with E-state index in [0.29, 0.717) is 12.3 Å². The van der Waals surface area contributed by atoms with Crippen LogP contribution in [-0.2, 0) is 11.2 Å². The first kappa shape index (κ1) is 9.19. The number of nitrogens with zero attached hydrogens (tertiary/aromatic N) is 1. The van der Waals surface area contributed by atoms with Crippen LogP contribution in [-0.4, -0.2) is 10.9 Å². The van der Waals surface area contributed by atoms with E-state index in [0.717, 1.165) is 17.8 Å². The van der Waals surface area contributed by atoms with Crippen LogP contribution in [0.3, 0.4) is 0 Å². The number of fused-ring (bicyclic) bond motifs is 1. The molecule has 3 nitrogen and oxygen atoms in total. The molecule has 1 N–H and O–H groups in total. The highest BCUT2D eigenvalue weighted by Crippen LogP contribution is 2.23. The molecule has 3 heteroatoms. The molecule has 14 heavy (non-hydrogen) atoms. The van der Waals surface area contributed by atoms with E-state index < -0.39 is 0 Å². The number of hydrogen-bond donors (Lipinski definition) is 1. The molecule has 1 aromatic rings. The van der Waals surface area contributed by atoms with Gasteiger partial charge in [0.2, 0.25) is 5.91 Å². The average Bonchev–Trinajstić information content (AvgIpc) is 2.16. The second-order valence-corrected chi connectivity index (χ2v) is 3.98. The van der Waals surface area contributed by atoms with E-state index in [1.807, 2.05) is 6.20 Å². The standard InChI is InChI=1S/C11H14N2O/c1-7(2)9-5-8-3-4-10(14)13-11(8)12-6-9/h5-7H,3-4H2,1-2H3,(H,12,13,14). The largest absolute Gasteiger partial charge is 0.310 e. The number of anilines is 1. The molecule has 1 aliphatic rings. The van der Waals surface area contributed by atoms with Crippen LogP contribution in [0.1, 0.15) is 37.3 Å². The predicted octanol–water partition coefficient (Wildman–Crippen LogP) is 2.09. The van der Waals surface area contributed by atoms with Gasteiger partial charge in [0.25, 0.3) is 0 Å². The molecule has 0 atom stereocenters. The molecule has 0 saturated carbocycles. The fraction of sp³-hybridized carbons (Fsp3) is 0.455. The molecule has 1 amide bonds. The molecule has 1 aliphatic heterocycles. The molecule has 2 rings (SSSR count). The summed E-state index contributed by atoms with van der Waals surface area (Å²) in [6.45, 7) is 4.29. The van der Waals surface area contributed by atoms with Gasteiger partial charge in [0, 0.05) is 12.6 Å². The summed E-state index contributed by atoms with van der Waals surface area (Å²) >= 11 is 0. The van der Waals surface area contributed by atoms with Gasteiger partial charge in [0.15, 0.2) is 0 Å². The Kier molecular flexibility index (Phi) is 2.23. The molecule has 0 spiro atoms. The lowest BCUT2D eigenvalue weighted by atomic mass is 10.00.